The number of nitrogens with one attached hydrogen (secondary N) is 2. The Morgan fingerprint density at radius 1 is 1.10 bits per heavy atom. The third-order valence-corrected chi connectivity index (χ3v) is 3.94. The first kappa shape index (κ1) is 15.5. The number of anilines is 2. The van der Waals surface area contributed by atoms with Crippen LogP contribution in [0.3, 0.4) is 0 Å². The number of hydrogen-bond acceptors (Lipinski definition) is 3. The van der Waals surface area contributed by atoms with Gasteiger partial charge in [0.25, 0.3) is 0 Å². The van der Waals surface area contributed by atoms with Crippen molar-refractivity contribution in [3.63, 3.8) is 0 Å². The largest absolute Gasteiger partial charge is 0.327 e. The molecule has 4 N–H and O–H groups in total. The van der Waals surface area contributed by atoms with Gasteiger partial charge in [-0.1, -0.05) is 13.3 Å². The lowest BCUT2D eigenvalue weighted by molar-refractivity contribution is -0.117. The first-order valence-electron chi connectivity index (χ1n) is 7.54. The Bertz CT molecular complexity index is 499. The van der Waals surface area contributed by atoms with E-state index >= 15 is 0 Å². The van der Waals surface area contributed by atoms with Gasteiger partial charge >= 0.3 is 0 Å². The van der Waals surface area contributed by atoms with Crippen LogP contribution >= 0.6 is 0 Å². The van der Waals surface area contributed by atoms with Gasteiger partial charge in [-0.3, -0.25) is 9.59 Å². The van der Waals surface area contributed by atoms with Crippen LogP contribution in [0.2, 0.25) is 0 Å². The number of amides is 2. The van der Waals surface area contributed by atoms with Gasteiger partial charge in [-0.15, -0.1) is 0 Å². The normalized spacial score (nSPS) is 21.0. The smallest absolute Gasteiger partial charge is 0.224 e. The van der Waals surface area contributed by atoms with Crippen LogP contribution in [0.4, 0.5) is 11.4 Å². The van der Waals surface area contributed by atoms with Crippen molar-refractivity contribution < 1.29 is 9.59 Å². The van der Waals surface area contributed by atoms with Crippen LogP contribution in [0.5, 0.6) is 0 Å². The second-order valence-electron chi connectivity index (χ2n) is 5.59. The summed E-state index contributed by atoms with van der Waals surface area (Å²) in [5.74, 6) is 0.276. The molecule has 0 heterocycles. The summed E-state index contributed by atoms with van der Waals surface area (Å²) in [5.41, 5.74) is 7.45. The fourth-order valence-corrected chi connectivity index (χ4v) is 2.66. The van der Waals surface area contributed by atoms with Gasteiger partial charge in [-0.25, -0.2) is 0 Å². The molecule has 21 heavy (non-hydrogen) atoms. The lowest BCUT2D eigenvalue weighted by Gasteiger charge is -2.15. The molecule has 2 rings (SSSR count). The predicted octanol–water partition coefficient (Wildman–Crippen LogP) is 2.49. The van der Waals surface area contributed by atoms with Gasteiger partial charge in [0.05, 0.1) is 0 Å². The molecule has 0 radical (unpaired) electrons. The average Bonchev–Trinajstić information content (AvgIpc) is 2.86. The number of nitrogens with two attached hydrogens (primary N) is 1. The van der Waals surface area contributed by atoms with Gasteiger partial charge in [0, 0.05) is 30.3 Å². The van der Waals surface area contributed by atoms with Crippen LogP contribution in [0.25, 0.3) is 0 Å². The molecule has 0 saturated heterocycles. The Morgan fingerprint density at radius 2 is 1.67 bits per heavy atom. The zero-order chi connectivity index (χ0) is 15.2. The highest BCUT2D eigenvalue weighted by atomic mass is 16.2. The summed E-state index contributed by atoms with van der Waals surface area (Å²) in [4.78, 5) is 23.3. The zero-order valence-corrected chi connectivity index (χ0v) is 12.4. The van der Waals surface area contributed by atoms with E-state index in [9.17, 15) is 9.59 Å². The molecule has 1 aromatic rings. The number of carbonyl (C=O) groups is 2. The van der Waals surface area contributed by atoms with Crippen LogP contribution in [0.1, 0.15) is 39.0 Å². The van der Waals surface area contributed by atoms with Crippen LogP contribution in [-0.4, -0.2) is 17.9 Å². The number of benzene rings is 1. The Balaban J connectivity index is 1.85. The molecular weight excluding hydrogens is 266 g/mol. The van der Waals surface area contributed by atoms with Crippen molar-refractivity contribution in [1.29, 1.82) is 0 Å². The summed E-state index contributed by atoms with van der Waals surface area (Å²) in [7, 11) is 0. The first-order valence-corrected chi connectivity index (χ1v) is 7.54. The third-order valence-electron chi connectivity index (χ3n) is 3.94. The molecule has 5 heteroatoms. The maximum Gasteiger partial charge on any atom is 0.224 e. The summed E-state index contributed by atoms with van der Waals surface area (Å²) in [6.45, 7) is 1.80. The summed E-state index contributed by atoms with van der Waals surface area (Å²) < 4.78 is 0. The van der Waals surface area contributed by atoms with E-state index in [4.69, 9.17) is 5.73 Å². The highest BCUT2D eigenvalue weighted by Gasteiger charge is 2.25. The highest BCUT2D eigenvalue weighted by Crippen LogP contribution is 2.27. The van der Waals surface area contributed by atoms with Crippen LogP contribution in [0, 0.1) is 5.92 Å². The van der Waals surface area contributed by atoms with Gasteiger partial charge in [-0.2, -0.15) is 0 Å². The van der Waals surface area contributed by atoms with Gasteiger partial charge in [0.1, 0.15) is 0 Å². The maximum absolute atomic E-state index is 12.0. The quantitative estimate of drug-likeness (QED) is 0.778. The van der Waals surface area contributed by atoms with Crippen molar-refractivity contribution in [3.05, 3.63) is 24.3 Å². The summed E-state index contributed by atoms with van der Waals surface area (Å²) >= 11 is 0. The second-order valence-corrected chi connectivity index (χ2v) is 5.59. The number of carbonyl (C=O) groups excluding carboxylic acids is 2. The number of hydrogen-bond donors (Lipinski definition) is 3. The van der Waals surface area contributed by atoms with E-state index in [2.05, 4.69) is 10.6 Å². The highest BCUT2D eigenvalue weighted by molar-refractivity contribution is 5.92. The molecule has 0 aliphatic heterocycles. The molecule has 0 unspecified atom stereocenters. The minimum Gasteiger partial charge on any atom is -0.327 e. The van der Waals surface area contributed by atoms with Crippen molar-refractivity contribution in [2.24, 2.45) is 11.7 Å². The van der Waals surface area contributed by atoms with E-state index in [1.54, 1.807) is 31.2 Å². The van der Waals surface area contributed by atoms with E-state index in [0.29, 0.717) is 18.8 Å². The lowest BCUT2D eigenvalue weighted by Crippen LogP contribution is -2.28. The van der Waals surface area contributed by atoms with Crippen molar-refractivity contribution in [3.8, 4) is 0 Å². The molecule has 1 aliphatic carbocycles. The summed E-state index contributed by atoms with van der Waals surface area (Å²) in [6.07, 6.45) is 4.10. The Hall–Kier alpha value is -1.88. The Kier molecular flexibility index (Phi) is 5.33. The third kappa shape index (κ3) is 4.56. The first-order chi connectivity index (χ1) is 10.1. The van der Waals surface area contributed by atoms with Crippen LogP contribution < -0.4 is 16.4 Å². The number of rotatable bonds is 5. The van der Waals surface area contributed by atoms with Crippen molar-refractivity contribution in [2.45, 2.75) is 45.1 Å². The molecule has 2 amide bonds. The van der Waals surface area contributed by atoms with Gasteiger partial charge in [-0.05, 0) is 43.0 Å². The van der Waals surface area contributed by atoms with Gasteiger partial charge in [0.15, 0.2) is 0 Å². The Morgan fingerprint density at radius 3 is 2.14 bits per heavy atom. The van der Waals surface area contributed by atoms with Gasteiger partial charge < -0.3 is 16.4 Å². The minimum atomic E-state index is -0.0259. The molecular formula is C16H23N3O2. The molecule has 0 bridgehead atoms. The van der Waals surface area contributed by atoms with Gasteiger partial charge in [0.2, 0.25) is 11.8 Å². The second kappa shape index (κ2) is 7.22. The van der Waals surface area contributed by atoms with E-state index < -0.39 is 0 Å². The van der Waals surface area contributed by atoms with Crippen molar-refractivity contribution >= 4 is 23.2 Å². The maximum atomic E-state index is 12.0. The monoisotopic (exact) mass is 289 g/mol. The fraction of sp³-hybridized carbons (Fsp3) is 0.500. The minimum absolute atomic E-state index is 0.00249. The van der Waals surface area contributed by atoms with Crippen molar-refractivity contribution in [2.75, 3.05) is 10.6 Å². The van der Waals surface area contributed by atoms with E-state index in [1.165, 1.54) is 0 Å². The fourth-order valence-electron chi connectivity index (χ4n) is 2.66. The molecule has 0 aromatic heterocycles. The molecule has 1 saturated carbocycles. The van der Waals surface area contributed by atoms with Crippen molar-refractivity contribution in [1.82, 2.24) is 0 Å². The summed E-state index contributed by atoms with van der Waals surface area (Å²) in [5, 5.41) is 5.65. The zero-order valence-electron chi connectivity index (χ0n) is 12.4. The van der Waals surface area contributed by atoms with E-state index in [-0.39, 0.29) is 17.9 Å². The SMILES string of the molecule is CCC(=O)Nc1ccc(NC(=O)C[C@@H]2CCC[C@H]2N)cc1. The molecule has 5 nitrogen and oxygen atoms in total. The predicted molar refractivity (Wildman–Crippen MR) is 83.9 cm³/mol. The molecule has 0 spiro atoms. The molecule has 1 aliphatic rings. The molecule has 1 aromatic carbocycles. The van der Waals surface area contributed by atoms with Crippen LogP contribution in [-0.2, 0) is 9.59 Å². The van der Waals surface area contributed by atoms with Crippen LogP contribution in [0.15, 0.2) is 24.3 Å². The summed E-state index contributed by atoms with van der Waals surface area (Å²) in [6, 6.07) is 7.30. The standard InChI is InChI=1S/C16H23N3O2/c1-2-15(20)18-12-6-8-13(9-7-12)19-16(21)10-11-4-3-5-14(11)17/h6-9,11,14H,2-5,10,17H2,1H3,(H,18,20)(H,19,21)/t11-,14+/m0/s1. The molecule has 114 valence electrons. The van der Waals surface area contributed by atoms with E-state index in [0.717, 1.165) is 30.6 Å². The molecule has 2 atom stereocenters. The van der Waals surface area contributed by atoms with E-state index in [1.807, 2.05) is 0 Å². The Labute approximate surface area is 125 Å². The average molecular weight is 289 g/mol. The molecule has 1 fully saturated rings. The lowest BCUT2D eigenvalue weighted by atomic mass is 10.00. The topological polar surface area (TPSA) is 84.2 Å².